The maximum atomic E-state index is 13.4. The summed E-state index contributed by atoms with van der Waals surface area (Å²) in [7, 11) is 0. The van der Waals surface area contributed by atoms with Crippen molar-refractivity contribution >= 4 is 28.7 Å². The van der Waals surface area contributed by atoms with Gasteiger partial charge >= 0.3 is 0 Å². The molecule has 3 unspecified atom stereocenters. The molecule has 1 aromatic carbocycles. The zero-order valence-electron chi connectivity index (χ0n) is 18.8. The molecule has 1 fully saturated rings. The van der Waals surface area contributed by atoms with E-state index in [1.807, 2.05) is 19.1 Å². The number of hydrogen-bond acceptors (Lipinski definition) is 5. The normalized spacial score (nSPS) is 22.8. The molecule has 0 radical (unpaired) electrons. The van der Waals surface area contributed by atoms with Crippen molar-refractivity contribution in [2.24, 2.45) is 5.92 Å². The topological polar surface area (TPSA) is 81.8 Å². The second kappa shape index (κ2) is 8.39. The molecule has 5 rings (SSSR count). The van der Waals surface area contributed by atoms with Crippen LogP contribution in [-0.4, -0.2) is 37.0 Å². The van der Waals surface area contributed by atoms with Crippen LogP contribution in [0.15, 0.2) is 34.3 Å². The van der Waals surface area contributed by atoms with Gasteiger partial charge in [0.25, 0.3) is 5.56 Å². The number of hydrogen-bond donors (Lipinski definition) is 1. The summed E-state index contributed by atoms with van der Waals surface area (Å²) >= 11 is 1.54. The molecule has 8 heteroatoms. The molecule has 3 atom stereocenters. The third-order valence-electron chi connectivity index (χ3n) is 6.83. The van der Waals surface area contributed by atoms with Gasteiger partial charge in [0.05, 0.1) is 17.9 Å². The highest BCUT2D eigenvalue weighted by Gasteiger charge is 2.31. The van der Waals surface area contributed by atoms with Crippen molar-refractivity contribution in [3.63, 3.8) is 0 Å². The van der Waals surface area contributed by atoms with Crippen LogP contribution >= 0.6 is 11.8 Å². The number of rotatable bonds is 4. The van der Waals surface area contributed by atoms with Crippen molar-refractivity contribution in [2.45, 2.75) is 70.1 Å². The Balaban J connectivity index is 1.43. The van der Waals surface area contributed by atoms with Crippen LogP contribution in [0.3, 0.4) is 0 Å². The lowest BCUT2D eigenvalue weighted by atomic mass is 9.86. The average Bonchev–Trinajstić information content (AvgIpc) is 3.35. The Labute approximate surface area is 191 Å². The van der Waals surface area contributed by atoms with E-state index in [2.05, 4.69) is 30.3 Å². The molecule has 1 N–H and O–H groups in total. The predicted octanol–water partition coefficient (Wildman–Crippen LogP) is 3.93. The van der Waals surface area contributed by atoms with Gasteiger partial charge in [0.1, 0.15) is 5.39 Å². The van der Waals surface area contributed by atoms with Crippen molar-refractivity contribution in [1.29, 1.82) is 0 Å². The van der Waals surface area contributed by atoms with E-state index in [0.29, 0.717) is 34.3 Å². The van der Waals surface area contributed by atoms with E-state index >= 15 is 0 Å². The summed E-state index contributed by atoms with van der Waals surface area (Å²) in [4.78, 5) is 30.9. The van der Waals surface area contributed by atoms with E-state index in [1.165, 1.54) is 36.6 Å². The SMILES string of the molecule is Cc1ccc(-n2ncc3c(=O)n4c(nc32)SCC4CC(=O)NC2CCCCC2C)c(C)c1. The number of aromatic nitrogens is 4. The first-order valence-corrected chi connectivity index (χ1v) is 12.4. The van der Waals surface area contributed by atoms with Gasteiger partial charge in [0.15, 0.2) is 10.8 Å². The molecule has 7 nitrogen and oxygen atoms in total. The Kier molecular flexibility index (Phi) is 5.57. The van der Waals surface area contributed by atoms with Crippen molar-refractivity contribution < 1.29 is 4.79 Å². The van der Waals surface area contributed by atoms with E-state index in [0.717, 1.165) is 17.7 Å². The maximum Gasteiger partial charge on any atom is 0.265 e. The van der Waals surface area contributed by atoms with Gasteiger partial charge in [-0.3, -0.25) is 14.2 Å². The molecular formula is C24H29N5O2S. The Hall–Kier alpha value is -2.61. The Morgan fingerprint density at radius 1 is 1.25 bits per heavy atom. The molecule has 2 aliphatic rings. The fourth-order valence-corrected chi connectivity index (χ4v) is 6.14. The number of fused-ring (bicyclic) bond motifs is 2. The van der Waals surface area contributed by atoms with Crippen LogP contribution < -0.4 is 10.9 Å². The zero-order valence-corrected chi connectivity index (χ0v) is 19.6. The molecule has 32 heavy (non-hydrogen) atoms. The zero-order chi connectivity index (χ0) is 22.4. The lowest BCUT2D eigenvalue weighted by Crippen LogP contribution is -2.42. The molecule has 0 saturated heterocycles. The number of benzene rings is 1. The van der Waals surface area contributed by atoms with Crippen molar-refractivity contribution in [2.75, 3.05) is 5.75 Å². The molecule has 0 spiro atoms. The van der Waals surface area contributed by atoms with E-state index in [4.69, 9.17) is 4.98 Å². The van der Waals surface area contributed by atoms with E-state index < -0.39 is 0 Å². The predicted molar refractivity (Wildman–Crippen MR) is 127 cm³/mol. The lowest BCUT2D eigenvalue weighted by Gasteiger charge is -2.29. The minimum atomic E-state index is -0.178. The molecule has 2 aromatic heterocycles. The fourth-order valence-electron chi connectivity index (χ4n) is 5.01. The fraction of sp³-hybridized carbons (Fsp3) is 0.500. The third-order valence-corrected chi connectivity index (χ3v) is 7.93. The Bertz CT molecular complexity index is 1250. The van der Waals surface area contributed by atoms with Gasteiger partial charge in [-0.15, -0.1) is 0 Å². The highest BCUT2D eigenvalue weighted by molar-refractivity contribution is 7.99. The molecular weight excluding hydrogens is 422 g/mol. The standard InChI is InChI=1S/C24H29N5O2S/c1-14-8-9-20(16(3)10-14)29-22-18(12-25-29)23(31)28-17(13-32-24(28)27-22)11-21(30)26-19-7-5-4-6-15(19)2/h8-10,12,15,17,19H,4-7,11,13H2,1-3H3,(H,26,30). The number of carbonyl (C=O) groups is 1. The number of carbonyl (C=O) groups excluding carboxylic acids is 1. The minimum absolute atomic E-state index is 0.0279. The van der Waals surface area contributed by atoms with Gasteiger partial charge in [-0.1, -0.05) is 49.2 Å². The first-order valence-electron chi connectivity index (χ1n) is 11.4. The van der Waals surface area contributed by atoms with Gasteiger partial charge in [-0.05, 0) is 44.2 Å². The first-order chi connectivity index (χ1) is 15.4. The number of thioether (sulfide) groups is 1. The molecule has 168 valence electrons. The van der Waals surface area contributed by atoms with Gasteiger partial charge in [0.2, 0.25) is 5.91 Å². The second-order valence-electron chi connectivity index (χ2n) is 9.26. The number of nitrogens with zero attached hydrogens (tertiary/aromatic N) is 4. The molecule has 1 amide bonds. The maximum absolute atomic E-state index is 13.4. The van der Waals surface area contributed by atoms with Crippen LogP contribution in [0, 0.1) is 19.8 Å². The van der Waals surface area contributed by atoms with E-state index in [-0.39, 0.29) is 23.6 Å². The first kappa shape index (κ1) is 21.2. The summed E-state index contributed by atoms with van der Waals surface area (Å²) < 4.78 is 3.45. The summed E-state index contributed by atoms with van der Waals surface area (Å²) in [6.07, 6.45) is 6.53. The minimum Gasteiger partial charge on any atom is -0.353 e. The largest absolute Gasteiger partial charge is 0.353 e. The summed E-state index contributed by atoms with van der Waals surface area (Å²) in [5.41, 5.74) is 3.63. The highest BCUT2D eigenvalue weighted by Crippen LogP contribution is 2.34. The van der Waals surface area contributed by atoms with Crippen LogP contribution in [0.5, 0.6) is 0 Å². The second-order valence-corrected chi connectivity index (χ2v) is 10.2. The molecule has 1 aliphatic heterocycles. The number of nitrogens with one attached hydrogen (secondary N) is 1. The van der Waals surface area contributed by atoms with Crippen molar-refractivity contribution in [3.8, 4) is 5.69 Å². The molecule has 1 aliphatic carbocycles. The quantitative estimate of drug-likeness (QED) is 0.608. The molecule has 0 bridgehead atoms. The molecule has 3 aromatic rings. The highest BCUT2D eigenvalue weighted by atomic mass is 32.2. The Morgan fingerprint density at radius 2 is 2.06 bits per heavy atom. The van der Waals surface area contributed by atoms with Gasteiger partial charge < -0.3 is 5.32 Å². The monoisotopic (exact) mass is 451 g/mol. The Morgan fingerprint density at radius 3 is 2.84 bits per heavy atom. The molecule has 1 saturated carbocycles. The summed E-state index contributed by atoms with van der Waals surface area (Å²) in [5, 5.41) is 8.85. The van der Waals surface area contributed by atoms with Gasteiger partial charge in [-0.25, -0.2) is 9.67 Å². The number of amides is 1. The van der Waals surface area contributed by atoms with Gasteiger partial charge in [-0.2, -0.15) is 5.10 Å². The van der Waals surface area contributed by atoms with Crippen molar-refractivity contribution in [3.05, 3.63) is 45.9 Å². The van der Waals surface area contributed by atoms with Crippen LogP contribution in [0.1, 0.15) is 56.2 Å². The number of aryl methyl sites for hydroxylation is 2. The summed E-state index contributed by atoms with van der Waals surface area (Å²) in [6.45, 7) is 6.30. The van der Waals surface area contributed by atoms with Gasteiger partial charge in [0, 0.05) is 18.2 Å². The average molecular weight is 452 g/mol. The smallest absolute Gasteiger partial charge is 0.265 e. The van der Waals surface area contributed by atoms with Crippen molar-refractivity contribution in [1.82, 2.24) is 24.6 Å². The summed E-state index contributed by atoms with van der Waals surface area (Å²) in [5.74, 6) is 1.22. The third kappa shape index (κ3) is 3.74. The van der Waals surface area contributed by atoms with Crippen LogP contribution in [0.2, 0.25) is 0 Å². The van der Waals surface area contributed by atoms with Crippen LogP contribution in [0.4, 0.5) is 0 Å². The van der Waals surface area contributed by atoms with E-state index in [1.54, 1.807) is 15.4 Å². The van der Waals surface area contributed by atoms with E-state index in [9.17, 15) is 9.59 Å². The van der Waals surface area contributed by atoms with Crippen LogP contribution in [-0.2, 0) is 4.79 Å². The lowest BCUT2D eigenvalue weighted by molar-refractivity contribution is -0.123. The molecule has 3 heterocycles. The van der Waals surface area contributed by atoms with Crippen LogP contribution in [0.25, 0.3) is 16.7 Å². The summed E-state index contributed by atoms with van der Waals surface area (Å²) in [6, 6.07) is 6.21.